The summed E-state index contributed by atoms with van der Waals surface area (Å²) in [5.41, 5.74) is 13.2. The van der Waals surface area contributed by atoms with Gasteiger partial charge in [-0.05, 0) is 49.4 Å². The van der Waals surface area contributed by atoms with Gasteiger partial charge in [-0.25, -0.2) is 0 Å². The minimum absolute atomic E-state index is 0.000187. The smallest absolute Gasteiger partial charge is 0.285 e. The van der Waals surface area contributed by atoms with E-state index < -0.39 is 16.0 Å². The highest BCUT2D eigenvalue weighted by Crippen LogP contribution is 2.49. The molecule has 4 rings (SSSR count). The van der Waals surface area contributed by atoms with Gasteiger partial charge in [0.05, 0.1) is 12.0 Å². The predicted octanol–water partition coefficient (Wildman–Crippen LogP) is 0.985. The third kappa shape index (κ3) is 3.57. The van der Waals surface area contributed by atoms with E-state index >= 15 is 0 Å². The molecule has 10 nitrogen and oxygen atoms in total. The molecule has 30 heavy (non-hydrogen) atoms. The Bertz CT molecular complexity index is 1100. The highest BCUT2D eigenvalue weighted by Gasteiger charge is 2.34. The van der Waals surface area contributed by atoms with Crippen LogP contribution in [0.5, 0.6) is 17.2 Å². The van der Waals surface area contributed by atoms with Crippen molar-refractivity contribution >= 4 is 21.7 Å². The fourth-order valence-corrected chi connectivity index (χ4v) is 4.55. The van der Waals surface area contributed by atoms with Crippen molar-refractivity contribution in [3.05, 3.63) is 41.5 Å². The first-order valence-corrected chi connectivity index (χ1v) is 10.7. The Balaban J connectivity index is 1.67. The number of hydrogen-bond acceptors (Lipinski definition) is 7. The average Bonchev–Trinajstić information content (AvgIpc) is 3.16. The summed E-state index contributed by atoms with van der Waals surface area (Å²) in [7, 11) is -0.331. The van der Waals surface area contributed by atoms with Crippen LogP contribution in [0.2, 0.25) is 0 Å². The number of nitrogens with zero attached hydrogens (tertiary/aromatic N) is 2. The number of methoxy groups -OCH3 is 1. The van der Waals surface area contributed by atoms with Crippen molar-refractivity contribution in [3.8, 4) is 17.2 Å². The topological polar surface area (TPSA) is 141 Å². The lowest BCUT2D eigenvalue weighted by Gasteiger charge is -2.36. The number of likely N-dealkylation sites (N-methyl/N-ethyl adjacent to an activating group) is 1. The van der Waals surface area contributed by atoms with Gasteiger partial charge in [0.1, 0.15) is 6.17 Å². The van der Waals surface area contributed by atoms with Crippen LogP contribution in [0.4, 0.5) is 5.69 Å². The molecule has 160 valence electrons. The van der Waals surface area contributed by atoms with Gasteiger partial charge in [-0.3, -0.25) is 4.90 Å². The van der Waals surface area contributed by atoms with Crippen LogP contribution in [0.3, 0.4) is 0 Å². The number of fused-ring (bicyclic) bond motifs is 2. The molecular weight excluding hydrogens is 410 g/mol. The van der Waals surface area contributed by atoms with Gasteiger partial charge in [0.25, 0.3) is 10.0 Å². The summed E-state index contributed by atoms with van der Waals surface area (Å²) in [5, 5.41) is 3.44. The first kappa shape index (κ1) is 20.1. The van der Waals surface area contributed by atoms with E-state index in [1.165, 1.54) is 12.1 Å². The molecule has 2 aliphatic heterocycles. The van der Waals surface area contributed by atoms with E-state index in [0.29, 0.717) is 17.2 Å². The van der Waals surface area contributed by atoms with Crippen molar-refractivity contribution < 1.29 is 22.6 Å². The summed E-state index contributed by atoms with van der Waals surface area (Å²) in [5.74, 6) is 1.40. The Morgan fingerprint density at radius 3 is 2.67 bits per heavy atom. The lowest BCUT2D eigenvalue weighted by molar-refractivity contribution is 0.170. The molecule has 0 aromatic heterocycles. The second kappa shape index (κ2) is 7.58. The van der Waals surface area contributed by atoms with E-state index in [2.05, 4.69) is 14.6 Å². The Kier molecular flexibility index (Phi) is 5.08. The van der Waals surface area contributed by atoms with Crippen molar-refractivity contribution in [1.29, 1.82) is 0 Å². The van der Waals surface area contributed by atoms with Gasteiger partial charge in [-0.2, -0.15) is 8.42 Å². The lowest BCUT2D eigenvalue weighted by Crippen LogP contribution is -2.37. The molecule has 0 saturated heterocycles. The Hall–Kier alpha value is -3.18. The monoisotopic (exact) mass is 433 g/mol. The van der Waals surface area contributed by atoms with Crippen LogP contribution in [0.15, 0.2) is 39.6 Å². The first-order chi connectivity index (χ1) is 14.3. The number of ether oxygens (including phenoxy) is 3. The van der Waals surface area contributed by atoms with Gasteiger partial charge in [-0.1, -0.05) is 0 Å². The van der Waals surface area contributed by atoms with Crippen LogP contribution in [0.1, 0.15) is 17.3 Å². The van der Waals surface area contributed by atoms with Crippen molar-refractivity contribution in [3.63, 3.8) is 0 Å². The standard InChI is InChI=1S/C19H23N5O5S/c1-24-8-7-11-9-14-16(29-10-28-14)17(27-2)15(11)18(24)22-12-3-5-13(6-4-12)30(25,26)23-19(20)21/h3-6,9,18,22H,7-8,10H2,1-2H3,(H4,20,21,23)/t18-/m0/s1. The van der Waals surface area contributed by atoms with E-state index in [1.807, 2.05) is 13.1 Å². The fourth-order valence-electron chi connectivity index (χ4n) is 3.69. The Morgan fingerprint density at radius 2 is 2.00 bits per heavy atom. The molecule has 2 aromatic carbocycles. The van der Waals surface area contributed by atoms with E-state index in [4.69, 9.17) is 25.7 Å². The van der Waals surface area contributed by atoms with Crippen molar-refractivity contribution in [2.24, 2.45) is 15.9 Å². The van der Waals surface area contributed by atoms with Crippen LogP contribution < -0.4 is 31.0 Å². The normalized spacial score (nSPS) is 17.9. The maximum Gasteiger partial charge on any atom is 0.285 e. The maximum absolute atomic E-state index is 12.1. The summed E-state index contributed by atoms with van der Waals surface area (Å²) in [6.07, 6.45) is 0.630. The van der Waals surface area contributed by atoms with Gasteiger partial charge < -0.3 is 31.0 Å². The number of nitrogens with one attached hydrogen (secondary N) is 1. The van der Waals surface area contributed by atoms with Crippen molar-refractivity contribution in [2.45, 2.75) is 17.5 Å². The van der Waals surface area contributed by atoms with Gasteiger partial charge in [-0.15, -0.1) is 4.40 Å². The zero-order chi connectivity index (χ0) is 21.5. The minimum Gasteiger partial charge on any atom is -0.492 e. The van der Waals surface area contributed by atoms with Crippen LogP contribution in [-0.2, 0) is 16.4 Å². The SMILES string of the molecule is COc1c2c(cc3c1[C@@H](Nc1ccc(S(=O)(=O)N=C(N)N)cc1)N(C)CC3)OCO2. The largest absolute Gasteiger partial charge is 0.492 e. The molecule has 0 aliphatic carbocycles. The summed E-state index contributed by atoms with van der Waals surface area (Å²) in [6.45, 7) is 0.985. The highest BCUT2D eigenvalue weighted by molar-refractivity contribution is 7.90. The zero-order valence-corrected chi connectivity index (χ0v) is 17.4. The number of sulfonamides is 1. The molecule has 2 heterocycles. The predicted molar refractivity (Wildman–Crippen MR) is 111 cm³/mol. The zero-order valence-electron chi connectivity index (χ0n) is 16.6. The molecule has 0 fully saturated rings. The van der Waals surface area contributed by atoms with Crippen molar-refractivity contribution in [1.82, 2.24) is 4.90 Å². The molecule has 2 aromatic rings. The van der Waals surface area contributed by atoms with E-state index in [9.17, 15) is 8.42 Å². The van der Waals surface area contributed by atoms with Gasteiger partial charge >= 0.3 is 0 Å². The van der Waals surface area contributed by atoms with Crippen LogP contribution in [0, 0.1) is 0 Å². The van der Waals surface area contributed by atoms with E-state index in [0.717, 1.165) is 29.8 Å². The second-order valence-corrected chi connectivity index (χ2v) is 8.61. The Labute approximate surface area is 174 Å². The van der Waals surface area contributed by atoms with Crippen LogP contribution in [-0.4, -0.2) is 46.8 Å². The van der Waals surface area contributed by atoms with Crippen molar-refractivity contribution in [2.75, 3.05) is 32.8 Å². The molecule has 2 aliphatic rings. The third-order valence-electron chi connectivity index (χ3n) is 5.08. The summed E-state index contributed by atoms with van der Waals surface area (Å²) in [6, 6.07) is 8.22. The number of guanidine groups is 1. The van der Waals surface area contributed by atoms with Gasteiger partial charge in [0.2, 0.25) is 18.5 Å². The minimum atomic E-state index is -3.94. The lowest BCUT2D eigenvalue weighted by atomic mass is 9.94. The molecule has 0 unspecified atom stereocenters. The second-order valence-electron chi connectivity index (χ2n) is 7.01. The number of nitrogens with two attached hydrogens (primary N) is 2. The third-order valence-corrected chi connectivity index (χ3v) is 6.40. The number of hydrogen-bond donors (Lipinski definition) is 3. The maximum atomic E-state index is 12.1. The molecule has 0 radical (unpaired) electrons. The molecular formula is C19H23N5O5S. The summed E-state index contributed by atoms with van der Waals surface area (Å²) >= 11 is 0. The molecule has 0 amide bonds. The number of rotatable bonds is 5. The summed E-state index contributed by atoms with van der Waals surface area (Å²) < 4.78 is 44.4. The van der Waals surface area contributed by atoms with E-state index in [-0.39, 0.29) is 17.9 Å². The fraction of sp³-hybridized carbons (Fsp3) is 0.316. The molecule has 0 spiro atoms. The van der Waals surface area contributed by atoms with Gasteiger partial charge in [0.15, 0.2) is 11.5 Å². The van der Waals surface area contributed by atoms with E-state index in [1.54, 1.807) is 19.2 Å². The molecule has 0 saturated carbocycles. The average molecular weight is 433 g/mol. The Morgan fingerprint density at radius 1 is 1.27 bits per heavy atom. The number of benzene rings is 2. The number of anilines is 1. The van der Waals surface area contributed by atoms with Gasteiger partial charge in [0, 0.05) is 17.8 Å². The molecule has 0 bridgehead atoms. The summed E-state index contributed by atoms with van der Waals surface area (Å²) in [4.78, 5) is 2.15. The van der Waals surface area contributed by atoms with Crippen LogP contribution >= 0.6 is 0 Å². The molecule has 11 heteroatoms. The first-order valence-electron chi connectivity index (χ1n) is 9.22. The molecule has 5 N–H and O–H groups in total. The van der Waals surface area contributed by atoms with Crippen LogP contribution in [0.25, 0.3) is 0 Å². The highest BCUT2D eigenvalue weighted by atomic mass is 32.2. The quantitative estimate of drug-likeness (QED) is 0.465. The molecule has 1 atom stereocenters.